The summed E-state index contributed by atoms with van der Waals surface area (Å²) in [7, 11) is -3.31. The van der Waals surface area contributed by atoms with Crippen LogP contribution in [0.5, 0.6) is 0 Å². The summed E-state index contributed by atoms with van der Waals surface area (Å²) in [6.07, 6.45) is 4.15. The van der Waals surface area contributed by atoms with E-state index in [1.54, 1.807) is 24.4 Å². The highest BCUT2D eigenvalue weighted by Crippen LogP contribution is 2.30. The van der Waals surface area contributed by atoms with Crippen molar-refractivity contribution in [2.75, 3.05) is 6.26 Å². The molecule has 0 aliphatic carbocycles. The molecule has 0 N–H and O–H groups in total. The molecule has 0 aromatic carbocycles. The third-order valence-corrected chi connectivity index (χ3v) is 4.06. The van der Waals surface area contributed by atoms with Gasteiger partial charge in [-0.2, -0.15) is 0 Å². The number of halogens is 1. The van der Waals surface area contributed by atoms with Crippen molar-refractivity contribution in [1.29, 1.82) is 0 Å². The second-order valence-electron chi connectivity index (χ2n) is 4.28. The standard InChI is InChI=1S/C13H9ClN2O3S/c1-20(17,18)12-3-2-8(7-16-12)11-6-10-13(19-11)9(14)4-5-15-10/h2-7H,1H3. The molecule has 0 saturated heterocycles. The van der Waals surface area contributed by atoms with Gasteiger partial charge in [0.1, 0.15) is 11.3 Å². The van der Waals surface area contributed by atoms with Crippen molar-refractivity contribution in [3.63, 3.8) is 0 Å². The zero-order valence-electron chi connectivity index (χ0n) is 10.4. The highest BCUT2D eigenvalue weighted by molar-refractivity contribution is 7.90. The smallest absolute Gasteiger partial charge is 0.192 e. The molecule has 0 unspecified atom stereocenters. The van der Waals surface area contributed by atoms with Gasteiger partial charge in [0.05, 0.1) is 5.02 Å². The molecular formula is C13H9ClN2O3S. The van der Waals surface area contributed by atoms with Crippen LogP contribution in [0.2, 0.25) is 5.02 Å². The number of sulfone groups is 1. The third-order valence-electron chi connectivity index (χ3n) is 2.76. The van der Waals surface area contributed by atoms with Gasteiger partial charge in [-0.3, -0.25) is 4.98 Å². The summed E-state index contributed by atoms with van der Waals surface area (Å²) in [6, 6.07) is 6.45. The Morgan fingerprint density at radius 1 is 1.20 bits per heavy atom. The van der Waals surface area contributed by atoms with Gasteiger partial charge in [-0.05, 0) is 18.2 Å². The van der Waals surface area contributed by atoms with Crippen molar-refractivity contribution < 1.29 is 12.8 Å². The van der Waals surface area contributed by atoms with Gasteiger partial charge < -0.3 is 4.42 Å². The van der Waals surface area contributed by atoms with Crippen LogP contribution in [0, 0.1) is 0 Å². The fourth-order valence-electron chi connectivity index (χ4n) is 1.79. The van der Waals surface area contributed by atoms with Crippen LogP contribution in [0.4, 0.5) is 0 Å². The van der Waals surface area contributed by atoms with E-state index in [2.05, 4.69) is 9.97 Å². The lowest BCUT2D eigenvalue weighted by atomic mass is 10.2. The van der Waals surface area contributed by atoms with Crippen molar-refractivity contribution in [2.24, 2.45) is 0 Å². The highest BCUT2D eigenvalue weighted by Gasteiger charge is 2.12. The van der Waals surface area contributed by atoms with E-state index in [9.17, 15) is 8.42 Å². The van der Waals surface area contributed by atoms with E-state index >= 15 is 0 Å². The summed E-state index contributed by atoms with van der Waals surface area (Å²) >= 11 is 6.01. The molecule has 0 amide bonds. The first kappa shape index (κ1) is 13.1. The van der Waals surface area contributed by atoms with Gasteiger partial charge in [0.2, 0.25) is 0 Å². The molecule has 0 saturated carbocycles. The monoisotopic (exact) mass is 308 g/mol. The summed E-state index contributed by atoms with van der Waals surface area (Å²) in [5, 5.41) is 0.496. The summed E-state index contributed by atoms with van der Waals surface area (Å²) in [5.41, 5.74) is 1.79. The molecule has 3 heterocycles. The molecule has 3 aromatic rings. The Hall–Kier alpha value is -1.92. The zero-order valence-corrected chi connectivity index (χ0v) is 11.9. The van der Waals surface area contributed by atoms with Crippen molar-refractivity contribution >= 4 is 32.5 Å². The fraction of sp³-hybridized carbons (Fsp3) is 0.0769. The molecule has 0 atom stereocenters. The number of rotatable bonds is 2. The number of furan rings is 1. The third kappa shape index (κ3) is 2.28. The Morgan fingerprint density at radius 2 is 2.00 bits per heavy atom. The van der Waals surface area contributed by atoms with E-state index in [1.807, 2.05) is 0 Å². The number of hydrogen-bond donors (Lipinski definition) is 0. The van der Waals surface area contributed by atoms with Gasteiger partial charge in [-0.25, -0.2) is 13.4 Å². The lowest BCUT2D eigenvalue weighted by molar-refractivity contribution is 0.598. The van der Waals surface area contributed by atoms with Crippen LogP contribution in [-0.4, -0.2) is 24.6 Å². The Bertz CT molecular complexity index is 886. The molecule has 0 radical (unpaired) electrons. The largest absolute Gasteiger partial charge is 0.453 e. The van der Waals surface area contributed by atoms with Crippen LogP contribution in [0.1, 0.15) is 0 Å². The number of pyridine rings is 2. The first-order chi connectivity index (χ1) is 9.45. The first-order valence-electron chi connectivity index (χ1n) is 5.66. The van der Waals surface area contributed by atoms with Crippen molar-refractivity contribution in [2.45, 2.75) is 5.03 Å². The van der Waals surface area contributed by atoms with Crippen LogP contribution in [0.25, 0.3) is 22.4 Å². The second kappa shape index (κ2) is 4.57. The van der Waals surface area contributed by atoms with Crippen molar-refractivity contribution in [1.82, 2.24) is 9.97 Å². The predicted molar refractivity (Wildman–Crippen MR) is 75.4 cm³/mol. The SMILES string of the molecule is CS(=O)(=O)c1ccc(-c2cc3nccc(Cl)c3o2)cn1. The maximum Gasteiger partial charge on any atom is 0.192 e. The molecular weight excluding hydrogens is 300 g/mol. The molecule has 0 aliphatic heterocycles. The van der Waals surface area contributed by atoms with Gasteiger partial charge in [-0.1, -0.05) is 11.6 Å². The minimum absolute atomic E-state index is 0.0218. The number of hydrogen-bond acceptors (Lipinski definition) is 5. The van der Waals surface area contributed by atoms with Crippen LogP contribution >= 0.6 is 11.6 Å². The highest BCUT2D eigenvalue weighted by atomic mass is 35.5. The van der Waals surface area contributed by atoms with Crippen molar-refractivity contribution in [3.8, 4) is 11.3 Å². The minimum Gasteiger partial charge on any atom is -0.453 e. The lowest BCUT2D eigenvalue weighted by Crippen LogP contribution is -1.99. The lowest BCUT2D eigenvalue weighted by Gasteiger charge is -1.99. The van der Waals surface area contributed by atoms with E-state index in [0.29, 0.717) is 27.4 Å². The zero-order chi connectivity index (χ0) is 14.3. The molecule has 3 rings (SSSR count). The Labute approximate surface area is 120 Å². The molecule has 3 aromatic heterocycles. The van der Waals surface area contributed by atoms with E-state index < -0.39 is 9.84 Å². The second-order valence-corrected chi connectivity index (χ2v) is 6.64. The maximum atomic E-state index is 11.4. The van der Waals surface area contributed by atoms with Crippen LogP contribution < -0.4 is 0 Å². The molecule has 5 nitrogen and oxygen atoms in total. The summed E-state index contributed by atoms with van der Waals surface area (Å²) in [4.78, 5) is 8.07. The molecule has 0 fully saturated rings. The van der Waals surface area contributed by atoms with Crippen LogP contribution in [0.3, 0.4) is 0 Å². The number of nitrogens with zero attached hydrogens (tertiary/aromatic N) is 2. The van der Waals surface area contributed by atoms with E-state index in [-0.39, 0.29) is 5.03 Å². The van der Waals surface area contributed by atoms with Crippen LogP contribution in [-0.2, 0) is 9.84 Å². The topological polar surface area (TPSA) is 73.1 Å². The van der Waals surface area contributed by atoms with Gasteiger partial charge in [0, 0.05) is 30.3 Å². The Morgan fingerprint density at radius 3 is 2.60 bits per heavy atom. The molecule has 0 spiro atoms. The first-order valence-corrected chi connectivity index (χ1v) is 7.92. The van der Waals surface area contributed by atoms with Gasteiger partial charge in [-0.15, -0.1) is 0 Å². The van der Waals surface area contributed by atoms with E-state index in [0.717, 1.165) is 6.26 Å². The average molecular weight is 309 g/mol. The molecule has 7 heteroatoms. The van der Waals surface area contributed by atoms with Gasteiger partial charge in [0.25, 0.3) is 0 Å². The van der Waals surface area contributed by atoms with Crippen LogP contribution in [0.15, 0.2) is 46.1 Å². The Kier molecular flexibility index (Phi) is 2.99. The summed E-state index contributed by atoms with van der Waals surface area (Å²) < 4.78 is 28.3. The van der Waals surface area contributed by atoms with Gasteiger partial charge in [0.15, 0.2) is 20.4 Å². The summed E-state index contributed by atoms with van der Waals surface area (Å²) in [6.45, 7) is 0. The normalized spacial score (nSPS) is 11.9. The van der Waals surface area contributed by atoms with Gasteiger partial charge >= 0.3 is 0 Å². The number of aromatic nitrogens is 2. The average Bonchev–Trinajstić information content (AvgIpc) is 2.83. The van der Waals surface area contributed by atoms with Crippen molar-refractivity contribution in [3.05, 3.63) is 41.7 Å². The Balaban J connectivity index is 2.09. The molecule has 102 valence electrons. The number of fused-ring (bicyclic) bond motifs is 1. The minimum atomic E-state index is -3.31. The fourth-order valence-corrected chi connectivity index (χ4v) is 2.55. The molecule has 20 heavy (non-hydrogen) atoms. The summed E-state index contributed by atoms with van der Waals surface area (Å²) in [5.74, 6) is 0.535. The quantitative estimate of drug-likeness (QED) is 0.727. The maximum absolute atomic E-state index is 11.4. The molecule has 0 aliphatic rings. The van der Waals surface area contributed by atoms with E-state index in [4.69, 9.17) is 16.0 Å². The molecule has 0 bridgehead atoms. The predicted octanol–water partition coefficient (Wildman–Crippen LogP) is 2.95. The van der Waals surface area contributed by atoms with E-state index in [1.165, 1.54) is 12.3 Å².